The van der Waals surface area contributed by atoms with E-state index in [1.807, 2.05) is 0 Å². The minimum absolute atomic E-state index is 0.0196. The Morgan fingerprint density at radius 1 is 1.09 bits per heavy atom. The van der Waals surface area contributed by atoms with Gasteiger partial charge in [0.1, 0.15) is 11.4 Å². The summed E-state index contributed by atoms with van der Waals surface area (Å²) in [6.45, 7) is 10.9. The van der Waals surface area contributed by atoms with Crippen molar-refractivity contribution in [3.8, 4) is 0 Å². The predicted molar refractivity (Wildman–Crippen MR) is 118 cm³/mol. The van der Waals surface area contributed by atoms with Crippen LogP contribution >= 0.6 is 0 Å². The van der Waals surface area contributed by atoms with Crippen LogP contribution in [0.25, 0.3) is 0 Å². The van der Waals surface area contributed by atoms with Gasteiger partial charge < -0.3 is 19.4 Å². The number of hydrogen-bond acceptors (Lipinski definition) is 4. The fourth-order valence-electron chi connectivity index (χ4n) is 4.25. The second-order valence-electron chi connectivity index (χ2n) is 9.33. The Hall–Kier alpha value is -2.90. The highest BCUT2D eigenvalue weighted by Gasteiger charge is 2.38. The van der Waals surface area contributed by atoms with Crippen molar-refractivity contribution in [1.82, 2.24) is 14.7 Å². The van der Waals surface area contributed by atoms with E-state index in [0.29, 0.717) is 44.6 Å². The number of hydrogen-bond donors (Lipinski definition) is 0. The van der Waals surface area contributed by atoms with Gasteiger partial charge in [-0.3, -0.25) is 9.59 Å². The van der Waals surface area contributed by atoms with Gasteiger partial charge in [-0.2, -0.15) is 0 Å². The molecule has 2 saturated heterocycles. The second kappa shape index (κ2) is 9.71. The Morgan fingerprint density at radius 3 is 2.38 bits per heavy atom. The minimum atomic E-state index is -0.630. The molecule has 0 aliphatic carbocycles. The molecule has 0 bridgehead atoms. The summed E-state index contributed by atoms with van der Waals surface area (Å²) in [6.07, 6.45) is 1.99. The van der Waals surface area contributed by atoms with Crippen molar-refractivity contribution in [3.63, 3.8) is 0 Å². The molecule has 1 atom stereocenters. The Labute approximate surface area is 188 Å². The lowest BCUT2D eigenvalue weighted by molar-refractivity contribution is -0.144. The summed E-state index contributed by atoms with van der Waals surface area (Å²) < 4.78 is 19.5. The van der Waals surface area contributed by atoms with E-state index in [1.165, 1.54) is 18.2 Å². The number of halogens is 1. The average Bonchev–Trinajstić information content (AvgIpc) is 2.76. The van der Waals surface area contributed by atoms with Gasteiger partial charge in [-0.1, -0.05) is 18.7 Å². The number of ether oxygens (including phenoxy) is 1. The second-order valence-corrected chi connectivity index (χ2v) is 9.33. The fourth-order valence-corrected chi connectivity index (χ4v) is 4.25. The van der Waals surface area contributed by atoms with Gasteiger partial charge in [-0.05, 0) is 57.4 Å². The first-order valence-corrected chi connectivity index (χ1v) is 11.0. The van der Waals surface area contributed by atoms with E-state index >= 15 is 0 Å². The number of piperidine rings is 1. The van der Waals surface area contributed by atoms with Crippen molar-refractivity contribution >= 4 is 17.9 Å². The first-order chi connectivity index (χ1) is 15.1. The molecular weight excluding hydrogens is 413 g/mol. The Kier molecular flexibility index (Phi) is 7.21. The van der Waals surface area contributed by atoms with Crippen molar-refractivity contribution in [1.29, 1.82) is 0 Å². The molecule has 1 aromatic rings. The maximum Gasteiger partial charge on any atom is 0.410 e. The van der Waals surface area contributed by atoms with Gasteiger partial charge in [0.2, 0.25) is 11.8 Å². The van der Waals surface area contributed by atoms with Crippen LogP contribution in [-0.2, 0) is 14.3 Å². The summed E-state index contributed by atoms with van der Waals surface area (Å²) >= 11 is 0. The summed E-state index contributed by atoms with van der Waals surface area (Å²) in [5, 5.41) is 0. The van der Waals surface area contributed by atoms with E-state index in [2.05, 4.69) is 6.58 Å². The highest BCUT2D eigenvalue weighted by Crippen LogP contribution is 2.31. The van der Waals surface area contributed by atoms with Crippen LogP contribution in [0.3, 0.4) is 0 Å². The number of nitrogens with zero attached hydrogens (tertiary/aromatic N) is 3. The SMILES string of the molecule is C=CC(=O)N1CCC(C(=O)N2CCN(C(=O)OC(C)(C)C)CC2c2cccc(F)c2)CC1. The van der Waals surface area contributed by atoms with Gasteiger partial charge in [-0.15, -0.1) is 0 Å². The molecule has 7 nitrogen and oxygen atoms in total. The molecule has 0 saturated carbocycles. The molecule has 174 valence electrons. The van der Waals surface area contributed by atoms with Gasteiger partial charge in [0.15, 0.2) is 0 Å². The van der Waals surface area contributed by atoms with Crippen molar-refractivity contribution < 1.29 is 23.5 Å². The zero-order valence-electron chi connectivity index (χ0n) is 19.1. The van der Waals surface area contributed by atoms with E-state index in [0.717, 1.165) is 0 Å². The smallest absolute Gasteiger partial charge is 0.410 e. The van der Waals surface area contributed by atoms with Gasteiger partial charge in [0.25, 0.3) is 0 Å². The lowest BCUT2D eigenvalue weighted by atomic mass is 9.92. The van der Waals surface area contributed by atoms with E-state index in [1.54, 1.807) is 47.6 Å². The van der Waals surface area contributed by atoms with E-state index in [9.17, 15) is 18.8 Å². The van der Waals surface area contributed by atoms with Crippen LogP contribution < -0.4 is 0 Å². The minimum Gasteiger partial charge on any atom is -0.444 e. The molecule has 2 aliphatic heterocycles. The zero-order chi connectivity index (χ0) is 23.5. The maximum atomic E-state index is 14.0. The van der Waals surface area contributed by atoms with Crippen molar-refractivity contribution in [2.75, 3.05) is 32.7 Å². The van der Waals surface area contributed by atoms with Crippen LogP contribution in [0.4, 0.5) is 9.18 Å². The third kappa shape index (κ3) is 5.66. The van der Waals surface area contributed by atoms with Crippen LogP contribution in [0.2, 0.25) is 0 Å². The number of carbonyl (C=O) groups is 3. The van der Waals surface area contributed by atoms with Crippen molar-refractivity contribution in [2.24, 2.45) is 5.92 Å². The van der Waals surface area contributed by atoms with Crippen LogP contribution in [0.15, 0.2) is 36.9 Å². The molecule has 2 fully saturated rings. The molecular formula is C24H32FN3O4. The summed E-state index contributed by atoms with van der Waals surface area (Å²) in [7, 11) is 0. The molecule has 8 heteroatoms. The van der Waals surface area contributed by atoms with E-state index in [4.69, 9.17) is 4.74 Å². The maximum absolute atomic E-state index is 14.0. The Balaban J connectivity index is 1.77. The molecule has 0 radical (unpaired) electrons. The van der Waals surface area contributed by atoms with Gasteiger partial charge in [-0.25, -0.2) is 9.18 Å². The standard InChI is InChI=1S/C24H32FN3O4/c1-5-21(29)26-11-9-17(10-12-26)22(30)28-14-13-27(23(31)32-24(2,3)4)16-20(28)18-7-6-8-19(25)15-18/h5-8,15,17,20H,1,9-14,16H2,2-4H3. The predicted octanol–water partition coefficient (Wildman–Crippen LogP) is 3.37. The lowest BCUT2D eigenvalue weighted by Crippen LogP contribution is -2.55. The molecule has 0 N–H and O–H groups in total. The molecule has 0 aromatic heterocycles. The third-order valence-electron chi connectivity index (χ3n) is 5.88. The van der Waals surface area contributed by atoms with Crippen LogP contribution in [0.1, 0.15) is 45.2 Å². The zero-order valence-corrected chi connectivity index (χ0v) is 19.1. The number of rotatable bonds is 3. The van der Waals surface area contributed by atoms with Gasteiger partial charge in [0.05, 0.1) is 6.04 Å². The van der Waals surface area contributed by atoms with Crippen molar-refractivity contribution in [2.45, 2.75) is 45.3 Å². The number of benzene rings is 1. The largest absolute Gasteiger partial charge is 0.444 e. The van der Waals surface area contributed by atoms with Crippen LogP contribution in [0.5, 0.6) is 0 Å². The average molecular weight is 446 g/mol. The summed E-state index contributed by atoms with van der Waals surface area (Å²) in [6, 6.07) is 5.69. The first-order valence-electron chi connectivity index (χ1n) is 11.0. The number of piperazine rings is 1. The summed E-state index contributed by atoms with van der Waals surface area (Å²) in [5.74, 6) is -0.748. The fraction of sp³-hybridized carbons (Fsp3) is 0.542. The molecule has 2 aliphatic rings. The normalized spacial score (nSPS) is 20.1. The molecule has 2 heterocycles. The lowest BCUT2D eigenvalue weighted by Gasteiger charge is -2.44. The highest BCUT2D eigenvalue weighted by molar-refractivity contribution is 5.87. The molecule has 1 unspecified atom stereocenters. The first kappa shape index (κ1) is 23.8. The van der Waals surface area contributed by atoms with E-state index in [-0.39, 0.29) is 30.1 Å². The number of amides is 3. The van der Waals surface area contributed by atoms with Gasteiger partial charge >= 0.3 is 6.09 Å². The summed E-state index contributed by atoms with van der Waals surface area (Å²) in [5.41, 5.74) is 0.0146. The monoisotopic (exact) mass is 445 g/mol. The summed E-state index contributed by atoms with van der Waals surface area (Å²) in [4.78, 5) is 43.0. The Morgan fingerprint density at radius 2 is 1.78 bits per heavy atom. The quantitative estimate of drug-likeness (QED) is 0.669. The third-order valence-corrected chi connectivity index (χ3v) is 5.88. The molecule has 32 heavy (non-hydrogen) atoms. The van der Waals surface area contributed by atoms with E-state index < -0.39 is 17.7 Å². The van der Waals surface area contributed by atoms with Crippen LogP contribution in [-0.4, -0.2) is 70.9 Å². The Bertz CT molecular complexity index is 874. The molecule has 3 amide bonds. The highest BCUT2D eigenvalue weighted by atomic mass is 19.1. The molecule has 1 aromatic carbocycles. The van der Waals surface area contributed by atoms with Gasteiger partial charge in [0, 0.05) is 38.6 Å². The molecule has 0 spiro atoms. The number of likely N-dealkylation sites (tertiary alicyclic amines) is 1. The number of carbonyl (C=O) groups excluding carboxylic acids is 3. The van der Waals surface area contributed by atoms with Crippen LogP contribution in [0, 0.1) is 11.7 Å². The van der Waals surface area contributed by atoms with Crippen molar-refractivity contribution in [3.05, 3.63) is 48.3 Å². The topological polar surface area (TPSA) is 70.2 Å². The molecule has 3 rings (SSSR count).